The molecule has 12 heteroatoms. The first-order valence-corrected chi connectivity index (χ1v) is 12.5. The fourth-order valence-corrected chi connectivity index (χ4v) is 5.84. The van der Waals surface area contributed by atoms with Crippen LogP contribution in [0.15, 0.2) is 35.5 Å². The van der Waals surface area contributed by atoms with Crippen molar-refractivity contribution in [1.82, 2.24) is 8.75 Å². The number of ketones is 1. The van der Waals surface area contributed by atoms with Gasteiger partial charge in [0, 0.05) is 33.2 Å². The first kappa shape index (κ1) is 22.9. The Morgan fingerprint density at radius 2 is 1.82 bits per heavy atom. The Kier molecular flexibility index (Phi) is 5.83. The van der Waals surface area contributed by atoms with Crippen LogP contribution in [0.5, 0.6) is 0 Å². The van der Waals surface area contributed by atoms with Crippen molar-refractivity contribution in [2.24, 2.45) is 11.1 Å². The van der Waals surface area contributed by atoms with Crippen molar-refractivity contribution in [3.8, 4) is 0 Å². The number of carbonyl (C=O) groups is 1. The summed E-state index contributed by atoms with van der Waals surface area (Å²) in [4.78, 5) is 17.9. The van der Waals surface area contributed by atoms with Gasteiger partial charge < -0.3 is 4.84 Å². The Morgan fingerprint density at radius 1 is 1.12 bits per heavy atom. The van der Waals surface area contributed by atoms with E-state index >= 15 is 0 Å². The second-order valence-electron chi connectivity index (χ2n) is 7.94. The molecule has 0 saturated carbocycles. The molecule has 0 radical (unpaired) electrons. The predicted molar refractivity (Wildman–Crippen MR) is 124 cm³/mol. The molecule has 2 aliphatic heterocycles. The van der Waals surface area contributed by atoms with E-state index in [2.05, 4.69) is 13.9 Å². The van der Waals surface area contributed by atoms with Gasteiger partial charge in [-0.3, -0.25) is 4.79 Å². The molecule has 172 valence electrons. The molecule has 3 heterocycles. The first-order valence-electron chi connectivity index (χ1n) is 9.83. The lowest BCUT2D eigenvalue weighted by Gasteiger charge is -2.29. The maximum Gasteiger partial charge on any atom is 0.435 e. The van der Waals surface area contributed by atoms with E-state index in [-0.39, 0.29) is 27.1 Å². The van der Waals surface area contributed by atoms with E-state index in [9.17, 15) is 18.0 Å². The number of hydrogen-bond donors (Lipinski definition) is 0. The maximum absolute atomic E-state index is 14.3. The van der Waals surface area contributed by atoms with Crippen LogP contribution >= 0.6 is 46.7 Å². The Bertz CT molecular complexity index is 1270. The van der Waals surface area contributed by atoms with E-state index in [1.54, 1.807) is 23.9 Å². The highest BCUT2D eigenvalue weighted by Crippen LogP contribution is 2.50. The Morgan fingerprint density at radius 3 is 2.45 bits per heavy atom. The fourth-order valence-electron chi connectivity index (χ4n) is 3.93. The summed E-state index contributed by atoms with van der Waals surface area (Å²) < 4.78 is 51.3. The molecule has 0 aliphatic carbocycles. The number of Topliss-reactive ketones (excluding diaryl/α,β-unsaturated/α-hetero) is 1. The zero-order valence-corrected chi connectivity index (χ0v) is 19.8. The van der Waals surface area contributed by atoms with Gasteiger partial charge in [-0.2, -0.15) is 33.7 Å². The molecule has 1 saturated heterocycles. The molecule has 0 bridgehead atoms. The second kappa shape index (κ2) is 8.41. The van der Waals surface area contributed by atoms with Gasteiger partial charge in [0.15, 0.2) is 5.78 Å². The van der Waals surface area contributed by atoms with Crippen LogP contribution < -0.4 is 0 Å². The third kappa shape index (κ3) is 4.00. The van der Waals surface area contributed by atoms with Gasteiger partial charge in [0.05, 0.1) is 23.9 Å². The largest absolute Gasteiger partial charge is 0.435 e. The van der Waals surface area contributed by atoms with Crippen LogP contribution in [0.25, 0.3) is 11.0 Å². The number of benzene rings is 2. The number of fused-ring (bicyclic) bond motifs is 1. The lowest BCUT2D eigenvalue weighted by molar-refractivity contribution is -0.275. The average molecular weight is 532 g/mol. The van der Waals surface area contributed by atoms with Crippen LogP contribution in [0.2, 0.25) is 10.0 Å². The Hall–Kier alpha value is -1.88. The molecule has 3 aromatic rings. The van der Waals surface area contributed by atoms with Gasteiger partial charge in [-0.05, 0) is 47.8 Å². The van der Waals surface area contributed by atoms with E-state index in [1.165, 1.54) is 18.2 Å². The van der Waals surface area contributed by atoms with Crippen LogP contribution in [0.1, 0.15) is 34.3 Å². The summed E-state index contributed by atoms with van der Waals surface area (Å²) in [5, 5.41) is 3.90. The minimum Gasteiger partial charge on any atom is -0.374 e. The second-order valence-corrected chi connectivity index (χ2v) is 10.4. The molecule has 1 fully saturated rings. The predicted octanol–water partition coefficient (Wildman–Crippen LogP) is 6.52. The third-order valence-corrected chi connectivity index (χ3v) is 8.10. The highest BCUT2D eigenvalue weighted by Gasteiger charge is 2.62. The standard InChI is InChI=1S/C21H14Cl2F3N3O2S2/c22-12-4-11(5-13(23)6-12)20(21(24,25)26)7-16(27-31-20)14-1-2-15(19-18(14)28-33-29-19)17(30)3-10-8-32-9-10/h1-2,4-6,10H,3,7-9H2. The highest BCUT2D eigenvalue weighted by atomic mass is 35.5. The van der Waals surface area contributed by atoms with Gasteiger partial charge in [0.1, 0.15) is 11.0 Å². The molecule has 33 heavy (non-hydrogen) atoms. The minimum atomic E-state index is -4.80. The van der Waals surface area contributed by atoms with Gasteiger partial charge >= 0.3 is 6.18 Å². The first-order chi connectivity index (χ1) is 15.7. The van der Waals surface area contributed by atoms with Crippen molar-refractivity contribution >= 4 is 69.2 Å². The van der Waals surface area contributed by atoms with Crippen LogP contribution in [0, 0.1) is 5.92 Å². The third-order valence-electron chi connectivity index (χ3n) is 5.72. The fraction of sp³-hybridized carbons (Fsp3) is 0.333. The van der Waals surface area contributed by atoms with E-state index < -0.39 is 18.2 Å². The molecule has 1 aromatic heterocycles. The van der Waals surface area contributed by atoms with Gasteiger partial charge in [-0.15, -0.1) is 0 Å². The van der Waals surface area contributed by atoms with Crippen LogP contribution in [-0.2, 0) is 10.4 Å². The lowest BCUT2D eigenvalue weighted by atomic mass is 9.86. The summed E-state index contributed by atoms with van der Waals surface area (Å²) in [7, 11) is 0. The van der Waals surface area contributed by atoms with Gasteiger partial charge in [-0.25, -0.2) is 0 Å². The highest BCUT2D eigenvalue weighted by molar-refractivity contribution is 8.00. The summed E-state index contributed by atoms with van der Waals surface area (Å²) in [6.45, 7) is 0. The zero-order chi connectivity index (χ0) is 23.4. The van der Waals surface area contributed by atoms with E-state index in [4.69, 9.17) is 28.0 Å². The molecular weight excluding hydrogens is 518 g/mol. The number of nitrogens with zero attached hydrogens (tertiary/aromatic N) is 3. The van der Waals surface area contributed by atoms with Crippen LogP contribution in [0.3, 0.4) is 0 Å². The van der Waals surface area contributed by atoms with Crippen molar-refractivity contribution in [2.45, 2.75) is 24.6 Å². The quantitative estimate of drug-likeness (QED) is 0.351. The summed E-state index contributed by atoms with van der Waals surface area (Å²) in [6, 6.07) is 6.82. The number of thioether (sulfide) groups is 1. The van der Waals surface area contributed by atoms with Crippen molar-refractivity contribution in [3.63, 3.8) is 0 Å². The molecule has 5 rings (SSSR count). The molecule has 2 aliphatic rings. The smallest absolute Gasteiger partial charge is 0.374 e. The normalized spacial score (nSPS) is 21.1. The summed E-state index contributed by atoms with van der Waals surface area (Å²) in [5.41, 5.74) is -1.48. The number of aromatic nitrogens is 2. The number of oxime groups is 1. The Balaban J connectivity index is 1.51. The molecule has 1 atom stereocenters. The SMILES string of the molecule is O=C(CC1CSC1)c1ccc(C2=NOC(c3cc(Cl)cc(Cl)c3)(C(F)(F)F)C2)c2nsnc12. The summed E-state index contributed by atoms with van der Waals surface area (Å²) >= 11 is 14.6. The van der Waals surface area contributed by atoms with E-state index in [1.807, 2.05) is 0 Å². The van der Waals surface area contributed by atoms with Gasteiger partial charge in [0.2, 0.25) is 0 Å². The number of carbonyl (C=O) groups excluding carboxylic acids is 1. The van der Waals surface area contributed by atoms with Crippen molar-refractivity contribution in [1.29, 1.82) is 0 Å². The number of hydrogen-bond acceptors (Lipinski definition) is 7. The number of halogens is 5. The zero-order valence-electron chi connectivity index (χ0n) is 16.7. The molecule has 1 unspecified atom stereocenters. The maximum atomic E-state index is 14.3. The molecule has 0 spiro atoms. The average Bonchev–Trinajstić information content (AvgIpc) is 3.37. The van der Waals surface area contributed by atoms with Crippen molar-refractivity contribution in [2.75, 3.05) is 11.5 Å². The Labute approximate surface area is 204 Å². The van der Waals surface area contributed by atoms with Gasteiger partial charge in [0.25, 0.3) is 5.60 Å². The van der Waals surface area contributed by atoms with Crippen molar-refractivity contribution < 1.29 is 22.8 Å². The molecule has 2 aromatic carbocycles. The monoisotopic (exact) mass is 531 g/mol. The number of alkyl halides is 3. The lowest BCUT2D eigenvalue weighted by Crippen LogP contribution is -2.42. The topological polar surface area (TPSA) is 64.4 Å². The van der Waals surface area contributed by atoms with Gasteiger partial charge in [-0.1, -0.05) is 28.4 Å². The van der Waals surface area contributed by atoms with Crippen LogP contribution in [-0.4, -0.2) is 37.9 Å². The summed E-state index contributed by atoms with van der Waals surface area (Å²) in [5.74, 6) is 2.19. The molecule has 0 amide bonds. The van der Waals surface area contributed by atoms with E-state index in [0.717, 1.165) is 23.2 Å². The minimum absolute atomic E-state index is 0.0487. The van der Waals surface area contributed by atoms with E-state index in [0.29, 0.717) is 34.5 Å². The van der Waals surface area contributed by atoms with Crippen LogP contribution in [0.4, 0.5) is 13.2 Å². The molecular formula is C21H14Cl2F3N3O2S2. The number of rotatable bonds is 5. The van der Waals surface area contributed by atoms with Crippen molar-refractivity contribution in [3.05, 3.63) is 57.1 Å². The molecule has 0 N–H and O–H groups in total. The summed E-state index contributed by atoms with van der Waals surface area (Å²) in [6.07, 6.45) is -5.00. The molecule has 5 nitrogen and oxygen atoms in total.